The first-order chi connectivity index (χ1) is 8.66. The van der Waals surface area contributed by atoms with Crippen molar-refractivity contribution in [3.05, 3.63) is 64.0 Å². The van der Waals surface area contributed by atoms with Gasteiger partial charge < -0.3 is 5.32 Å². The molecule has 0 spiro atoms. The van der Waals surface area contributed by atoms with Crippen LogP contribution < -0.4 is 5.32 Å². The average molecular weight is 243 g/mol. The van der Waals surface area contributed by atoms with Gasteiger partial charge in [0.25, 0.3) is 5.69 Å². The van der Waals surface area contributed by atoms with Gasteiger partial charge in [-0.15, -0.1) is 0 Å². The highest BCUT2D eigenvalue weighted by molar-refractivity contribution is 5.48. The van der Waals surface area contributed by atoms with E-state index >= 15 is 0 Å². The number of aromatic nitrogens is 1. The molecule has 0 aliphatic heterocycles. The second kappa shape index (κ2) is 5.27. The fourth-order valence-corrected chi connectivity index (χ4v) is 1.63. The van der Waals surface area contributed by atoms with E-state index in [2.05, 4.69) is 10.3 Å². The van der Waals surface area contributed by atoms with Crippen LogP contribution in [0, 0.1) is 17.0 Å². The van der Waals surface area contributed by atoms with E-state index in [1.54, 1.807) is 24.5 Å². The summed E-state index contributed by atoms with van der Waals surface area (Å²) in [6, 6.07) is 8.50. The summed E-state index contributed by atoms with van der Waals surface area (Å²) in [7, 11) is 0. The Labute approximate surface area is 105 Å². The lowest BCUT2D eigenvalue weighted by Gasteiger charge is -2.08. The van der Waals surface area contributed by atoms with Gasteiger partial charge in [0.1, 0.15) is 0 Å². The van der Waals surface area contributed by atoms with Crippen LogP contribution in [0.4, 0.5) is 11.4 Å². The van der Waals surface area contributed by atoms with Crippen molar-refractivity contribution >= 4 is 11.4 Å². The molecule has 0 atom stereocenters. The number of nitro benzene ring substituents is 1. The van der Waals surface area contributed by atoms with Crippen LogP contribution in [0.1, 0.15) is 11.1 Å². The van der Waals surface area contributed by atoms with Gasteiger partial charge in [0.05, 0.1) is 16.8 Å². The molecule has 5 heteroatoms. The largest absolute Gasteiger partial charge is 0.380 e. The van der Waals surface area contributed by atoms with E-state index in [9.17, 15) is 10.1 Å². The van der Waals surface area contributed by atoms with Gasteiger partial charge in [-0.3, -0.25) is 15.1 Å². The maximum Gasteiger partial charge on any atom is 0.269 e. The van der Waals surface area contributed by atoms with Crippen molar-refractivity contribution in [2.45, 2.75) is 13.5 Å². The summed E-state index contributed by atoms with van der Waals surface area (Å²) in [5.41, 5.74) is 3.00. The Balaban J connectivity index is 2.09. The Morgan fingerprint density at radius 1 is 1.39 bits per heavy atom. The molecule has 2 rings (SSSR count). The van der Waals surface area contributed by atoms with Crippen LogP contribution in [-0.4, -0.2) is 9.91 Å². The third-order valence-corrected chi connectivity index (χ3v) is 2.64. The summed E-state index contributed by atoms with van der Waals surface area (Å²) in [6.07, 6.45) is 3.47. The van der Waals surface area contributed by atoms with Crippen molar-refractivity contribution in [2.75, 3.05) is 5.32 Å². The molecule has 0 fully saturated rings. The predicted molar refractivity (Wildman–Crippen MR) is 69.4 cm³/mol. The molecule has 18 heavy (non-hydrogen) atoms. The zero-order chi connectivity index (χ0) is 13.0. The normalized spacial score (nSPS) is 10.1. The maximum absolute atomic E-state index is 10.7. The minimum atomic E-state index is -0.390. The van der Waals surface area contributed by atoms with Crippen molar-refractivity contribution in [3.63, 3.8) is 0 Å². The van der Waals surface area contributed by atoms with Crippen LogP contribution in [0.25, 0.3) is 0 Å². The van der Waals surface area contributed by atoms with Crippen LogP contribution in [0.3, 0.4) is 0 Å². The quantitative estimate of drug-likeness (QED) is 0.662. The van der Waals surface area contributed by atoms with Crippen molar-refractivity contribution in [1.29, 1.82) is 0 Å². The molecule has 0 saturated carbocycles. The number of anilines is 1. The molecule has 1 aromatic carbocycles. The number of nitrogens with one attached hydrogen (secondary N) is 1. The summed E-state index contributed by atoms with van der Waals surface area (Å²) < 4.78 is 0. The van der Waals surface area contributed by atoms with E-state index in [0.717, 1.165) is 16.8 Å². The lowest BCUT2D eigenvalue weighted by molar-refractivity contribution is -0.384. The SMILES string of the molecule is Cc1ccncc1NCc1cccc([N+](=O)[O-])c1. The van der Waals surface area contributed by atoms with E-state index in [-0.39, 0.29) is 5.69 Å². The maximum atomic E-state index is 10.7. The van der Waals surface area contributed by atoms with E-state index in [4.69, 9.17) is 0 Å². The molecule has 5 nitrogen and oxygen atoms in total. The molecular weight excluding hydrogens is 230 g/mol. The smallest absolute Gasteiger partial charge is 0.269 e. The van der Waals surface area contributed by atoms with Gasteiger partial charge in [-0.05, 0) is 24.1 Å². The summed E-state index contributed by atoms with van der Waals surface area (Å²) in [5.74, 6) is 0. The number of non-ortho nitro benzene ring substituents is 1. The van der Waals surface area contributed by atoms with Gasteiger partial charge in [0.15, 0.2) is 0 Å². The standard InChI is InChI=1S/C13H13N3O2/c1-10-5-6-14-9-13(10)15-8-11-3-2-4-12(7-11)16(17)18/h2-7,9,15H,8H2,1H3. The molecule has 0 unspecified atom stereocenters. The highest BCUT2D eigenvalue weighted by Gasteiger charge is 2.05. The molecule has 0 amide bonds. The van der Waals surface area contributed by atoms with Gasteiger partial charge in [-0.25, -0.2) is 0 Å². The minimum absolute atomic E-state index is 0.109. The Morgan fingerprint density at radius 3 is 2.94 bits per heavy atom. The fraction of sp³-hybridized carbons (Fsp3) is 0.154. The summed E-state index contributed by atoms with van der Waals surface area (Å²) in [5, 5.41) is 13.9. The highest BCUT2D eigenvalue weighted by Crippen LogP contribution is 2.16. The first-order valence-corrected chi connectivity index (χ1v) is 5.54. The van der Waals surface area contributed by atoms with Gasteiger partial charge in [0.2, 0.25) is 0 Å². The average Bonchev–Trinajstić information content (AvgIpc) is 2.38. The molecular formula is C13H13N3O2. The summed E-state index contributed by atoms with van der Waals surface area (Å²) in [6.45, 7) is 2.52. The van der Waals surface area contributed by atoms with E-state index in [1.165, 1.54) is 6.07 Å². The molecule has 0 radical (unpaired) electrons. The number of benzene rings is 1. The molecule has 92 valence electrons. The predicted octanol–water partition coefficient (Wildman–Crippen LogP) is 2.91. The zero-order valence-electron chi connectivity index (χ0n) is 9.96. The van der Waals surface area contributed by atoms with Crippen LogP contribution in [0.2, 0.25) is 0 Å². The van der Waals surface area contributed by atoms with E-state index in [1.807, 2.05) is 19.1 Å². The number of nitro groups is 1. The van der Waals surface area contributed by atoms with Crippen LogP contribution in [0.5, 0.6) is 0 Å². The van der Waals surface area contributed by atoms with Crippen LogP contribution in [-0.2, 0) is 6.54 Å². The third-order valence-electron chi connectivity index (χ3n) is 2.64. The second-order valence-electron chi connectivity index (χ2n) is 3.97. The topological polar surface area (TPSA) is 68.1 Å². The van der Waals surface area contributed by atoms with Crippen molar-refractivity contribution < 1.29 is 4.92 Å². The number of hydrogen-bond donors (Lipinski definition) is 1. The van der Waals surface area contributed by atoms with Crippen molar-refractivity contribution in [1.82, 2.24) is 4.98 Å². The van der Waals surface area contributed by atoms with Gasteiger partial charge >= 0.3 is 0 Å². The van der Waals surface area contributed by atoms with Gasteiger partial charge in [-0.2, -0.15) is 0 Å². The fourth-order valence-electron chi connectivity index (χ4n) is 1.63. The molecule has 0 aliphatic carbocycles. The molecule has 1 N–H and O–H groups in total. The third kappa shape index (κ3) is 2.82. The Kier molecular flexibility index (Phi) is 3.52. The Bertz CT molecular complexity index is 570. The summed E-state index contributed by atoms with van der Waals surface area (Å²) >= 11 is 0. The zero-order valence-corrected chi connectivity index (χ0v) is 9.96. The second-order valence-corrected chi connectivity index (χ2v) is 3.97. The first-order valence-electron chi connectivity index (χ1n) is 5.54. The number of aryl methyl sites for hydroxylation is 1. The molecule has 0 saturated heterocycles. The highest BCUT2D eigenvalue weighted by atomic mass is 16.6. The number of rotatable bonds is 4. The lowest BCUT2D eigenvalue weighted by Crippen LogP contribution is -2.01. The monoisotopic (exact) mass is 243 g/mol. The molecule has 1 aromatic heterocycles. The summed E-state index contributed by atoms with van der Waals surface area (Å²) in [4.78, 5) is 14.3. The molecule has 1 heterocycles. The van der Waals surface area contributed by atoms with Crippen molar-refractivity contribution in [2.24, 2.45) is 0 Å². The lowest BCUT2D eigenvalue weighted by atomic mass is 10.2. The molecule has 0 bridgehead atoms. The molecule has 2 aromatic rings. The van der Waals surface area contributed by atoms with Crippen molar-refractivity contribution in [3.8, 4) is 0 Å². The van der Waals surface area contributed by atoms with Crippen LogP contribution in [0.15, 0.2) is 42.7 Å². The van der Waals surface area contributed by atoms with Gasteiger partial charge in [0, 0.05) is 24.9 Å². The van der Waals surface area contributed by atoms with Crippen LogP contribution >= 0.6 is 0 Å². The first kappa shape index (κ1) is 12.0. The van der Waals surface area contributed by atoms with E-state index < -0.39 is 4.92 Å². The number of pyridine rings is 1. The number of nitrogens with zero attached hydrogens (tertiary/aromatic N) is 2. The Hall–Kier alpha value is -2.43. The Morgan fingerprint density at radius 2 is 2.22 bits per heavy atom. The minimum Gasteiger partial charge on any atom is -0.380 e. The molecule has 0 aliphatic rings. The van der Waals surface area contributed by atoms with Gasteiger partial charge in [-0.1, -0.05) is 12.1 Å². The number of hydrogen-bond acceptors (Lipinski definition) is 4. The van der Waals surface area contributed by atoms with E-state index in [0.29, 0.717) is 6.54 Å².